The van der Waals surface area contributed by atoms with Crippen LogP contribution in [0.1, 0.15) is 36.4 Å². The van der Waals surface area contributed by atoms with Crippen LogP contribution < -0.4 is 5.32 Å². The van der Waals surface area contributed by atoms with Crippen molar-refractivity contribution in [2.45, 2.75) is 26.7 Å². The number of hydrogen-bond donors (Lipinski definition) is 1. The predicted molar refractivity (Wildman–Crippen MR) is 97.4 cm³/mol. The SMILES string of the molecule is CC1(C)[C@@H]2CC(NC(=O)c3sc4ccccc4c3Cl)=C(C=O)[C@@H]1C2. The third kappa shape index (κ3) is 2.16. The number of halogens is 1. The lowest BCUT2D eigenvalue weighted by Gasteiger charge is -2.56. The smallest absolute Gasteiger partial charge is 0.267 e. The molecule has 0 unspecified atom stereocenters. The summed E-state index contributed by atoms with van der Waals surface area (Å²) in [5.41, 5.74) is 1.69. The van der Waals surface area contributed by atoms with Gasteiger partial charge in [-0.25, -0.2) is 0 Å². The van der Waals surface area contributed by atoms with Gasteiger partial charge in [0.1, 0.15) is 11.2 Å². The van der Waals surface area contributed by atoms with Crippen molar-refractivity contribution in [2.75, 3.05) is 0 Å². The molecule has 1 fully saturated rings. The van der Waals surface area contributed by atoms with Crippen molar-refractivity contribution in [3.05, 3.63) is 45.4 Å². The maximum Gasteiger partial charge on any atom is 0.267 e. The zero-order chi connectivity index (χ0) is 17.1. The average molecular weight is 360 g/mol. The fourth-order valence-electron chi connectivity index (χ4n) is 4.10. The largest absolute Gasteiger partial charge is 0.325 e. The van der Waals surface area contributed by atoms with Gasteiger partial charge < -0.3 is 5.32 Å². The Morgan fingerprint density at radius 3 is 2.79 bits per heavy atom. The molecule has 0 saturated heterocycles. The quantitative estimate of drug-likeness (QED) is 0.800. The summed E-state index contributed by atoms with van der Waals surface area (Å²) in [6.45, 7) is 4.41. The van der Waals surface area contributed by atoms with Crippen LogP contribution in [0.25, 0.3) is 10.1 Å². The minimum atomic E-state index is -0.213. The molecule has 0 radical (unpaired) electrons. The summed E-state index contributed by atoms with van der Waals surface area (Å²) in [5.74, 6) is 0.566. The molecule has 2 atom stereocenters. The first-order valence-electron chi connectivity index (χ1n) is 8.10. The molecule has 0 spiro atoms. The van der Waals surface area contributed by atoms with Gasteiger partial charge in [0.2, 0.25) is 0 Å². The molecule has 3 nitrogen and oxygen atoms in total. The van der Waals surface area contributed by atoms with Crippen molar-refractivity contribution in [2.24, 2.45) is 17.3 Å². The average Bonchev–Trinajstić information content (AvgIpc) is 2.92. The maximum absolute atomic E-state index is 12.7. The number of carbonyl (C=O) groups is 2. The number of rotatable bonds is 3. The molecular formula is C19H18ClNO2S. The van der Waals surface area contributed by atoms with Gasteiger partial charge in [-0.2, -0.15) is 0 Å². The molecule has 3 aliphatic carbocycles. The van der Waals surface area contributed by atoms with Gasteiger partial charge in [-0.05, 0) is 36.2 Å². The number of hydrogen-bond acceptors (Lipinski definition) is 3. The summed E-state index contributed by atoms with van der Waals surface area (Å²) >= 11 is 7.77. The van der Waals surface area contributed by atoms with Gasteiger partial charge in [-0.15, -0.1) is 11.3 Å². The summed E-state index contributed by atoms with van der Waals surface area (Å²) in [5, 5.41) is 4.36. The Morgan fingerprint density at radius 1 is 1.38 bits per heavy atom. The highest BCUT2D eigenvalue weighted by molar-refractivity contribution is 7.21. The summed E-state index contributed by atoms with van der Waals surface area (Å²) in [6, 6.07) is 7.71. The first kappa shape index (κ1) is 15.9. The Labute approximate surface area is 149 Å². The second kappa shape index (κ2) is 5.43. The summed E-state index contributed by atoms with van der Waals surface area (Å²) < 4.78 is 0.991. The number of carbonyl (C=O) groups excluding carboxylic acids is 2. The Kier molecular flexibility index (Phi) is 3.59. The van der Waals surface area contributed by atoms with Crippen molar-refractivity contribution in [3.63, 3.8) is 0 Å². The van der Waals surface area contributed by atoms with E-state index >= 15 is 0 Å². The van der Waals surface area contributed by atoms with Gasteiger partial charge in [0.15, 0.2) is 0 Å². The molecule has 2 aromatic rings. The van der Waals surface area contributed by atoms with Crippen LogP contribution in [0.2, 0.25) is 5.02 Å². The number of thiophene rings is 1. The van der Waals surface area contributed by atoms with Crippen LogP contribution in [-0.2, 0) is 4.79 Å². The Hall–Kier alpha value is -1.65. The number of aldehydes is 1. The van der Waals surface area contributed by atoms with Crippen LogP contribution in [0.3, 0.4) is 0 Å². The van der Waals surface area contributed by atoms with Gasteiger partial charge in [0.05, 0.1) is 5.02 Å². The highest BCUT2D eigenvalue weighted by atomic mass is 35.5. The topological polar surface area (TPSA) is 46.2 Å². The molecule has 1 aromatic carbocycles. The molecule has 5 heteroatoms. The fraction of sp³-hybridized carbons (Fsp3) is 0.368. The molecular weight excluding hydrogens is 342 g/mol. The molecule has 1 amide bonds. The fourth-order valence-corrected chi connectivity index (χ4v) is 5.51. The van der Waals surface area contributed by atoms with Gasteiger partial charge in [-0.3, -0.25) is 9.59 Å². The van der Waals surface area contributed by atoms with Crippen molar-refractivity contribution in [1.82, 2.24) is 5.32 Å². The number of fused-ring (bicyclic) bond motifs is 2. The predicted octanol–water partition coefficient (Wildman–Crippen LogP) is 4.80. The van der Waals surface area contributed by atoms with Crippen molar-refractivity contribution < 1.29 is 9.59 Å². The van der Waals surface area contributed by atoms with E-state index in [-0.39, 0.29) is 17.2 Å². The highest BCUT2D eigenvalue weighted by Gasteiger charge is 2.53. The first-order valence-corrected chi connectivity index (χ1v) is 9.29. The van der Waals surface area contributed by atoms with Crippen molar-refractivity contribution in [3.8, 4) is 0 Å². The van der Waals surface area contributed by atoms with E-state index < -0.39 is 0 Å². The number of benzene rings is 1. The van der Waals surface area contributed by atoms with E-state index in [1.54, 1.807) is 0 Å². The van der Waals surface area contributed by atoms with E-state index in [0.717, 1.165) is 40.5 Å². The van der Waals surface area contributed by atoms with Crippen LogP contribution in [0, 0.1) is 17.3 Å². The molecule has 3 aliphatic rings. The second-order valence-electron chi connectivity index (χ2n) is 7.26. The molecule has 1 N–H and O–H groups in total. The third-order valence-electron chi connectivity index (χ3n) is 5.78. The van der Waals surface area contributed by atoms with E-state index in [4.69, 9.17) is 11.6 Å². The Bertz CT molecular complexity index is 896. The van der Waals surface area contributed by atoms with Crippen LogP contribution in [0.15, 0.2) is 35.5 Å². The molecule has 1 saturated carbocycles. The summed E-state index contributed by atoms with van der Waals surface area (Å²) in [4.78, 5) is 24.8. The minimum absolute atomic E-state index is 0.153. The number of nitrogens with one attached hydrogen (secondary N) is 1. The monoisotopic (exact) mass is 359 g/mol. The number of allylic oxidation sites excluding steroid dienone is 2. The van der Waals surface area contributed by atoms with Crippen LogP contribution in [-0.4, -0.2) is 12.2 Å². The molecule has 2 bridgehead atoms. The van der Waals surface area contributed by atoms with E-state index in [1.807, 2.05) is 24.3 Å². The van der Waals surface area contributed by atoms with Crippen LogP contribution in [0.4, 0.5) is 0 Å². The zero-order valence-corrected chi connectivity index (χ0v) is 15.1. The van der Waals surface area contributed by atoms with E-state index in [9.17, 15) is 9.59 Å². The van der Waals surface area contributed by atoms with Crippen molar-refractivity contribution >= 4 is 45.2 Å². The summed E-state index contributed by atoms with van der Waals surface area (Å²) in [7, 11) is 0. The maximum atomic E-state index is 12.7. The highest BCUT2D eigenvalue weighted by Crippen LogP contribution is 2.60. The van der Waals surface area contributed by atoms with E-state index in [1.165, 1.54) is 11.3 Å². The zero-order valence-electron chi connectivity index (χ0n) is 13.6. The molecule has 1 heterocycles. The normalized spacial score (nSPS) is 24.6. The summed E-state index contributed by atoms with van der Waals surface area (Å²) in [6.07, 6.45) is 2.72. The molecule has 5 rings (SSSR count). The van der Waals surface area contributed by atoms with Crippen LogP contribution in [0.5, 0.6) is 0 Å². The standard InChI is InChI=1S/C19H18ClNO2S/c1-19(2)10-7-13(19)12(9-22)14(8-10)21-18(23)17-16(20)11-5-3-4-6-15(11)24-17/h3-6,9-10,13H,7-8H2,1-2H3,(H,21,23)/t10-,13-/m0/s1. The van der Waals surface area contributed by atoms with E-state index in [2.05, 4.69) is 19.2 Å². The van der Waals surface area contributed by atoms with Gasteiger partial charge in [0, 0.05) is 21.4 Å². The molecule has 124 valence electrons. The van der Waals surface area contributed by atoms with Gasteiger partial charge in [-0.1, -0.05) is 43.6 Å². The minimum Gasteiger partial charge on any atom is -0.325 e. The second-order valence-corrected chi connectivity index (χ2v) is 8.69. The third-order valence-corrected chi connectivity index (χ3v) is 7.45. The lowest BCUT2D eigenvalue weighted by molar-refractivity contribution is -0.108. The number of amides is 1. The Balaban J connectivity index is 1.66. The van der Waals surface area contributed by atoms with Crippen molar-refractivity contribution in [1.29, 1.82) is 0 Å². The Morgan fingerprint density at radius 2 is 2.12 bits per heavy atom. The lowest BCUT2D eigenvalue weighted by atomic mass is 9.48. The van der Waals surface area contributed by atoms with Gasteiger partial charge in [0.25, 0.3) is 5.91 Å². The van der Waals surface area contributed by atoms with Gasteiger partial charge >= 0.3 is 0 Å². The first-order chi connectivity index (χ1) is 11.4. The lowest BCUT2D eigenvalue weighted by Crippen LogP contribution is -2.51. The molecule has 0 aliphatic heterocycles. The van der Waals surface area contributed by atoms with Crippen LogP contribution >= 0.6 is 22.9 Å². The molecule has 24 heavy (non-hydrogen) atoms. The molecule has 1 aromatic heterocycles. The van der Waals surface area contributed by atoms with E-state index in [0.29, 0.717) is 15.8 Å².